The lowest BCUT2D eigenvalue weighted by Crippen LogP contribution is -2.29. The molecule has 2 N–H and O–H groups in total. The van der Waals surface area contributed by atoms with Gasteiger partial charge in [0.1, 0.15) is 0 Å². The van der Waals surface area contributed by atoms with Gasteiger partial charge < -0.3 is 10.6 Å². The van der Waals surface area contributed by atoms with E-state index in [0.717, 1.165) is 31.6 Å². The van der Waals surface area contributed by atoms with Crippen molar-refractivity contribution in [2.75, 3.05) is 18.4 Å². The van der Waals surface area contributed by atoms with Crippen molar-refractivity contribution >= 4 is 11.6 Å². The average molecular weight is 220 g/mol. The summed E-state index contributed by atoms with van der Waals surface area (Å²) >= 11 is 0. The molecule has 1 aliphatic heterocycles. The predicted molar refractivity (Wildman–Crippen MR) is 62.2 cm³/mol. The highest BCUT2D eigenvalue weighted by atomic mass is 16.1. The fourth-order valence-electron chi connectivity index (χ4n) is 1.87. The zero-order chi connectivity index (χ0) is 11.4. The summed E-state index contributed by atoms with van der Waals surface area (Å²) in [5, 5.41) is 10.3. The third-order valence-electron chi connectivity index (χ3n) is 2.74. The van der Waals surface area contributed by atoms with E-state index in [2.05, 4.69) is 22.3 Å². The molecule has 1 aromatic rings. The van der Waals surface area contributed by atoms with Gasteiger partial charge in [0.15, 0.2) is 0 Å². The van der Waals surface area contributed by atoms with Gasteiger partial charge in [-0.05, 0) is 32.0 Å². The molecule has 2 heterocycles. The van der Waals surface area contributed by atoms with Crippen LogP contribution in [0.3, 0.4) is 0 Å². The first kappa shape index (κ1) is 10.9. The molecule has 86 valence electrons. The molecular weight excluding hydrogens is 204 g/mol. The highest BCUT2D eigenvalue weighted by Crippen LogP contribution is 2.19. The van der Waals surface area contributed by atoms with Gasteiger partial charge in [-0.2, -0.15) is 5.10 Å². The minimum absolute atomic E-state index is 0.204. The first-order valence-electron chi connectivity index (χ1n) is 5.48. The molecule has 0 bridgehead atoms. The van der Waals surface area contributed by atoms with Gasteiger partial charge in [-0.15, -0.1) is 0 Å². The Morgan fingerprint density at radius 1 is 1.62 bits per heavy atom. The van der Waals surface area contributed by atoms with Crippen LogP contribution in [0.1, 0.15) is 18.9 Å². The van der Waals surface area contributed by atoms with E-state index in [1.54, 1.807) is 6.20 Å². The highest BCUT2D eigenvalue weighted by molar-refractivity contribution is 5.98. The maximum Gasteiger partial charge on any atom is 0.247 e. The van der Waals surface area contributed by atoms with Crippen LogP contribution >= 0.6 is 0 Å². The van der Waals surface area contributed by atoms with Gasteiger partial charge in [0.05, 0.1) is 17.9 Å². The lowest BCUT2D eigenvalue weighted by Gasteiger charge is -2.22. The largest absolute Gasteiger partial charge is 0.320 e. The Hall–Kier alpha value is -1.62. The summed E-state index contributed by atoms with van der Waals surface area (Å²) < 4.78 is 1.93. The van der Waals surface area contributed by atoms with Crippen molar-refractivity contribution in [2.45, 2.75) is 18.9 Å². The van der Waals surface area contributed by atoms with Crippen LogP contribution in [-0.2, 0) is 4.79 Å². The molecule has 1 fully saturated rings. The molecule has 1 aliphatic rings. The monoisotopic (exact) mass is 220 g/mol. The molecule has 0 unspecified atom stereocenters. The third kappa shape index (κ3) is 2.49. The number of anilines is 1. The second kappa shape index (κ2) is 4.94. The SMILES string of the molecule is C=CC(=O)Nc1cnn(C2CCNCC2)c1. The highest BCUT2D eigenvalue weighted by Gasteiger charge is 2.15. The molecule has 0 aliphatic carbocycles. The second-order valence-corrected chi connectivity index (χ2v) is 3.88. The molecule has 2 rings (SSSR count). The van der Waals surface area contributed by atoms with Gasteiger partial charge in [-0.25, -0.2) is 0 Å². The summed E-state index contributed by atoms with van der Waals surface area (Å²) in [6, 6.07) is 0.440. The lowest BCUT2D eigenvalue weighted by atomic mass is 10.1. The van der Waals surface area contributed by atoms with Crippen molar-refractivity contribution in [1.82, 2.24) is 15.1 Å². The number of carbonyl (C=O) groups excluding carboxylic acids is 1. The van der Waals surface area contributed by atoms with Crippen LogP contribution in [0.25, 0.3) is 0 Å². The van der Waals surface area contributed by atoms with E-state index >= 15 is 0 Å². The molecule has 0 atom stereocenters. The van der Waals surface area contributed by atoms with Gasteiger partial charge in [-0.3, -0.25) is 9.48 Å². The van der Waals surface area contributed by atoms with Crippen LogP contribution in [0, 0.1) is 0 Å². The van der Waals surface area contributed by atoms with Crippen LogP contribution < -0.4 is 10.6 Å². The van der Waals surface area contributed by atoms with Crippen LogP contribution in [0.4, 0.5) is 5.69 Å². The molecule has 0 radical (unpaired) electrons. The maximum atomic E-state index is 11.1. The molecular formula is C11H16N4O. The van der Waals surface area contributed by atoms with Crippen molar-refractivity contribution in [3.63, 3.8) is 0 Å². The van der Waals surface area contributed by atoms with Crippen molar-refractivity contribution in [3.8, 4) is 0 Å². The molecule has 0 spiro atoms. The molecule has 1 amide bonds. The smallest absolute Gasteiger partial charge is 0.247 e. The predicted octanol–water partition coefficient (Wildman–Crippen LogP) is 0.932. The number of amides is 1. The van der Waals surface area contributed by atoms with Crippen molar-refractivity contribution < 1.29 is 4.79 Å². The Morgan fingerprint density at radius 2 is 2.38 bits per heavy atom. The molecule has 0 saturated carbocycles. The number of rotatable bonds is 3. The topological polar surface area (TPSA) is 59.0 Å². The van der Waals surface area contributed by atoms with Crippen LogP contribution in [0.2, 0.25) is 0 Å². The van der Waals surface area contributed by atoms with Crippen molar-refractivity contribution in [3.05, 3.63) is 25.0 Å². The van der Waals surface area contributed by atoms with Crippen molar-refractivity contribution in [1.29, 1.82) is 0 Å². The zero-order valence-corrected chi connectivity index (χ0v) is 9.15. The summed E-state index contributed by atoms with van der Waals surface area (Å²) in [5.41, 5.74) is 0.725. The fourth-order valence-corrected chi connectivity index (χ4v) is 1.87. The number of nitrogens with zero attached hydrogens (tertiary/aromatic N) is 2. The van der Waals surface area contributed by atoms with Gasteiger partial charge >= 0.3 is 0 Å². The summed E-state index contributed by atoms with van der Waals surface area (Å²) in [4.78, 5) is 11.1. The first-order valence-corrected chi connectivity index (χ1v) is 5.48. The van der Waals surface area contributed by atoms with Gasteiger partial charge in [0, 0.05) is 6.20 Å². The molecule has 1 aromatic heterocycles. The van der Waals surface area contributed by atoms with Gasteiger partial charge in [-0.1, -0.05) is 6.58 Å². The second-order valence-electron chi connectivity index (χ2n) is 3.88. The van der Waals surface area contributed by atoms with E-state index < -0.39 is 0 Å². The quantitative estimate of drug-likeness (QED) is 0.745. The van der Waals surface area contributed by atoms with E-state index in [4.69, 9.17) is 0 Å². The molecule has 0 aromatic carbocycles. The van der Waals surface area contributed by atoms with E-state index in [1.165, 1.54) is 6.08 Å². The molecule has 1 saturated heterocycles. The van der Waals surface area contributed by atoms with E-state index in [1.807, 2.05) is 10.9 Å². The molecule has 16 heavy (non-hydrogen) atoms. The molecule has 5 nitrogen and oxygen atoms in total. The Kier molecular flexibility index (Phi) is 3.36. The van der Waals surface area contributed by atoms with Crippen LogP contribution in [0.5, 0.6) is 0 Å². The Balaban J connectivity index is 2.00. The Labute approximate surface area is 94.5 Å². The lowest BCUT2D eigenvalue weighted by molar-refractivity contribution is -0.111. The Bertz CT molecular complexity index is 379. The normalized spacial score (nSPS) is 17.0. The molecule has 5 heteroatoms. The summed E-state index contributed by atoms with van der Waals surface area (Å²) in [6.07, 6.45) is 6.95. The van der Waals surface area contributed by atoms with E-state index in [9.17, 15) is 4.79 Å². The number of carbonyl (C=O) groups is 1. The zero-order valence-electron chi connectivity index (χ0n) is 9.15. The van der Waals surface area contributed by atoms with Crippen LogP contribution in [-0.4, -0.2) is 28.8 Å². The summed E-state index contributed by atoms with van der Waals surface area (Å²) in [6.45, 7) is 5.46. The fraction of sp³-hybridized carbons (Fsp3) is 0.455. The third-order valence-corrected chi connectivity index (χ3v) is 2.74. The Morgan fingerprint density at radius 3 is 3.06 bits per heavy atom. The van der Waals surface area contributed by atoms with E-state index in [0.29, 0.717) is 6.04 Å². The standard InChI is InChI=1S/C11H16N4O/c1-2-11(16)14-9-7-13-15(8-9)10-3-5-12-6-4-10/h2,7-8,10,12H,1,3-6H2,(H,14,16). The minimum atomic E-state index is -0.204. The van der Waals surface area contributed by atoms with E-state index in [-0.39, 0.29) is 5.91 Å². The van der Waals surface area contributed by atoms with Crippen molar-refractivity contribution in [2.24, 2.45) is 0 Å². The number of hydrogen-bond donors (Lipinski definition) is 2. The summed E-state index contributed by atoms with van der Waals surface area (Å²) in [7, 11) is 0. The van der Waals surface area contributed by atoms with Crippen LogP contribution in [0.15, 0.2) is 25.0 Å². The van der Waals surface area contributed by atoms with Gasteiger partial charge in [0.2, 0.25) is 5.91 Å². The number of hydrogen-bond acceptors (Lipinski definition) is 3. The minimum Gasteiger partial charge on any atom is -0.320 e. The first-order chi connectivity index (χ1) is 7.79. The van der Waals surface area contributed by atoms with Gasteiger partial charge in [0.25, 0.3) is 0 Å². The average Bonchev–Trinajstić information content (AvgIpc) is 2.78. The number of aromatic nitrogens is 2. The number of nitrogens with one attached hydrogen (secondary N) is 2. The summed E-state index contributed by atoms with van der Waals surface area (Å²) in [5.74, 6) is -0.204. The number of piperidine rings is 1. The maximum absolute atomic E-state index is 11.1.